The second-order valence-corrected chi connectivity index (χ2v) is 8.32. The maximum Gasteiger partial charge on any atom is 0.310 e. The number of methoxy groups -OCH3 is 2. The number of esters is 1. The van der Waals surface area contributed by atoms with E-state index in [2.05, 4.69) is 0 Å². The lowest BCUT2D eigenvalue weighted by molar-refractivity contribution is -0.151. The summed E-state index contributed by atoms with van der Waals surface area (Å²) in [6.07, 6.45) is 0.388. The summed E-state index contributed by atoms with van der Waals surface area (Å²) in [7, 11) is 1.46. The summed E-state index contributed by atoms with van der Waals surface area (Å²) in [5.41, 5.74) is 0.662. The molecule has 1 unspecified atom stereocenters. The van der Waals surface area contributed by atoms with Gasteiger partial charge in [0.15, 0.2) is 27.9 Å². The minimum absolute atomic E-state index is 0.0187. The number of nitrogens with zero attached hydrogens (tertiary/aromatic N) is 1. The van der Waals surface area contributed by atoms with Crippen LogP contribution in [0.25, 0.3) is 0 Å². The van der Waals surface area contributed by atoms with Crippen molar-refractivity contribution in [2.45, 2.75) is 18.9 Å². The third-order valence-electron chi connectivity index (χ3n) is 4.30. The van der Waals surface area contributed by atoms with Gasteiger partial charge >= 0.3 is 5.97 Å². The number of likely N-dealkylation sites (N-methyl/N-ethyl adjacent to an activating group) is 1. The number of hydrogen-bond acceptors (Lipinski definition) is 7. The Labute approximate surface area is 152 Å². The minimum atomic E-state index is -3.08. The summed E-state index contributed by atoms with van der Waals surface area (Å²) in [6.45, 7) is -0.417. The molecule has 0 N–H and O–H groups in total. The first-order valence-corrected chi connectivity index (χ1v) is 9.90. The molecule has 26 heavy (non-hydrogen) atoms. The molecule has 0 spiro atoms. The molecule has 0 aromatic heterocycles. The molecule has 1 aliphatic rings. The highest BCUT2D eigenvalue weighted by Crippen LogP contribution is 2.27. The van der Waals surface area contributed by atoms with Crippen molar-refractivity contribution in [1.29, 1.82) is 0 Å². The van der Waals surface area contributed by atoms with Crippen molar-refractivity contribution in [2.75, 3.05) is 39.4 Å². The molecule has 1 amide bonds. The van der Waals surface area contributed by atoms with Crippen molar-refractivity contribution >= 4 is 21.7 Å². The van der Waals surface area contributed by atoms with Gasteiger partial charge in [-0.15, -0.1) is 0 Å². The lowest BCUT2D eigenvalue weighted by atomic mass is 10.1. The molecule has 0 radical (unpaired) electrons. The molecule has 0 aliphatic carbocycles. The highest BCUT2D eigenvalue weighted by atomic mass is 32.2. The molecule has 9 heteroatoms. The Morgan fingerprint density at radius 2 is 1.88 bits per heavy atom. The second-order valence-electron chi connectivity index (χ2n) is 6.09. The molecule has 2 rings (SSSR count). The molecule has 0 saturated carbocycles. The highest BCUT2D eigenvalue weighted by molar-refractivity contribution is 7.91. The van der Waals surface area contributed by atoms with Gasteiger partial charge in [-0.1, -0.05) is 6.07 Å². The van der Waals surface area contributed by atoms with Gasteiger partial charge in [-0.25, -0.2) is 8.42 Å². The Morgan fingerprint density at radius 1 is 1.19 bits per heavy atom. The molecular formula is C17H23NO7S. The van der Waals surface area contributed by atoms with Crippen molar-refractivity contribution in [2.24, 2.45) is 0 Å². The van der Waals surface area contributed by atoms with Crippen LogP contribution in [0.15, 0.2) is 18.2 Å². The number of carbonyl (C=O) groups is 2. The summed E-state index contributed by atoms with van der Waals surface area (Å²) < 4.78 is 38.3. The van der Waals surface area contributed by atoms with Gasteiger partial charge in [-0.3, -0.25) is 9.59 Å². The van der Waals surface area contributed by atoms with Crippen molar-refractivity contribution in [1.82, 2.24) is 4.90 Å². The number of carbonyl (C=O) groups excluding carboxylic acids is 2. The zero-order valence-corrected chi connectivity index (χ0v) is 15.9. The van der Waals surface area contributed by atoms with Crippen LogP contribution in [0, 0.1) is 0 Å². The fourth-order valence-electron chi connectivity index (χ4n) is 2.74. The third-order valence-corrected chi connectivity index (χ3v) is 6.05. The Bertz CT molecular complexity index is 775. The minimum Gasteiger partial charge on any atom is -0.493 e. The number of amides is 1. The number of benzene rings is 1. The Balaban J connectivity index is 1.85. The molecule has 1 saturated heterocycles. The van der Waals surface area contributed by atoms with E-state index in [1.54, 1.807) is 18.2 Å². The van der Waals surface area contributed by atoms with Crippen LogP contribution in [-0.4, -0.2) is 70.6 Å². The maximum atomic E-state index is 12.1. The van der Waals surface area contributed by atoms with Gasteiger partial charge in [0.1, 0.15) is 0 Å². The van der Waals surface area contributed by atoms with E-state index in [4.69, 9.17) is 14.2 Å². The first-order valence-electron chi connectivity index (χ1n) is 8.08. The average Bonchev–Trinajstić information content (AvgIpc) is 2.98. The Kier molecular flexibility index (Phi) is 6.47. The van der Waals surface area contributed by atoms with Crippen LogP contribution in [0.5, 0.6) is 11.5 Å². The molecule has 1 fully saturated rings. The zero-order valence-electron chi connectivity index (χ0n) is 15.1. The van der Waals surface area contributed by atoms with E-state index >= 15 is 0 Å². The van der Waals surface area contributed by atoms with Crippen molar-refractivity contribution in [3.63, 3.8) is 0 Å². The fourth-order valence-corrected chi connectivity index (χ4v) is 4.51. The van der Waals surface area contributed by atoms with Crippen LogP contribution in [0.4, 0.5) is 0 Å². The Hall–Kier alpha value is -2.29. The van der Waals surface area contributed by atoms with Crippen LogP contribution in [0.1, 0.15) is 12.0 Å². The van der Waals surface area contributed by atoms with Crippen LogP contribution in [-0.2, 0) is 30.6 Å². The largest absolute Gasteiger partial charge is 0.493 e. The quantitative estimate of drug-likeness (QED) is 0.628. The summed E-state index contributed by atoms with van der Waals surface area (Å²) in [6, 6.07) is 4.69. The number of sulfone groups is 1. The summed E-state index contributed by atoms with van der Waals surface area (Å²) in [5, 5.41) is 0. The lowest BCUT2D eigenvalue weighted by Gasteiger charge is -2.23. The predicted molar refractivity (Wildman–Crippen MR) is 94.0 cm³/mol. The second kappa shape index (κ2) is 8.39. The van der Waals surface area contributed by atoms with Crippen molar-refractivity contribution in [3.05, 3.63) is 23.8 Å². The SMILES string of the molecule is COc1ccc(CC(=O)OCC(=O)N(C)C2CCS(=O)(=O)C2)cc1OC. The summed E-state index contributed by atoms with van der Waals surface area (Å²) in [5.74, 6) is 0.0956. The molecule has 1 atom stereocenters. The standard InChI is InChI=1S/C17H23NO7S/c1-18(13-6-7-26(21,22)11-13)16(19)10-25-17(20)9-12-4-5-14(23-2)15(8-12)24-3/h4-5,8,13H,6-7,9-11H2,1-3H3. The van der Waals surface area contributed by atoms with Crippen LogP contribution in [0.2, 0.25) is 0 Å². The maximum absolute atomic E-state index is 12.1. The summed E-state index contributed by atoms with van der Waals surface area (Å²) >= 11 is 0. The highest BCUT2D eigenvalue weighted by Gasteiger charge is 2.32. The van der Waals surface area contributed by atoms with Gasteiger partial charge in [-0.05, 0) is 24.1 Å². The van der Waals surface area contributed by atoms with E-state index in [0.717, 1.165) is 0 Å². The van der Waals surface area contributed by atoms with Crippen LogP contribution in [0.3, 0.4) is 0 Å². The van der Waals surface area contributed by atoms with Gasteiger partial charge < -0.3 is 19.1 Å². The molecular weight excluding hydrogens is 362 g/mol. The van der Waals surface area contributed by atoms with E-state index in [1.165, 1.54) is 26.2 Å². The predicted octanol–water partition coefficient (Wildman–Crippen LogP) is 0.435. The smallest absolute Gasteiger partial charge is 0.310 e. The number of ether oxygens (including phenoxy) is 3. The molecule has 1 aromatic rings. The van der Waals surface area contributed by atoms with E-state index < -0.39 is 28.3 Å². The molecule has 0 bridgehead atoms. The first kappa shape index (κ1) is 20.0. The number of rotatable bonds is 7. The molecule has 1 heterocycles. The van der Waals surface area contributed by atoms with Crippen LogP contribution >= 0.6 is 0 Å². The monoisotopic (exact) mass is 385 g/mol. The van der Waals surface area contributed by atoms with Crippen LogP contribution < -0.4 is 9.47 Å². The Morgan fingerprint density at radius 3 is 2.46 bits per heavy atom. The van der Waals surface area contributed by atoms with E-state index in [9.17, 15) is 18.0 Å². The zero-order chi connectivity index (χ0) is 19.3. The first-order chi connectivity index (χ1) is 12.3. The van der Waals surface area contributed by atoms with E-state index in [-0.39, 0.29) is 24.0 Å². The van der Waals surface area contributed by atoms with Gasteiger partial charge in [-0.2, -0.15) is 0 Å². The number of hydrogen-bond donors (Lipinski definition) is 0. The molecule has 1 aromatic carbocycles. The molecule has 8 nitrogen and oxygen atoms in total. The molecule has 1 aliphatic heterocycles. The van der Waals surface area contributed by atoms with Gasteiger partial charge in [0.25, 0.3) is 5.91 Å². The van der Waals surface area contributed by atoms with E-state index in [0.29, 0.717) is 23.5 Å². The fraction of sp³-hybridized carbons (Fsp3) is 0.529. The topological polar surface area (TPSA) is 99.2 Å². The third kappa shape index (κ3) is 5.10. The normalized spacial score (nSPS) is 18.2. The summed E-state index contributed by atoms with van der Waals surface area (Å²) in [4.78, 5) is 25.4. The lowest BCUT2D eigenvalue weighted by Crippen LogP contribution is -2.40. The average molecular weight is 385 g/mol. The van der Waals surface area contributed by atoms with Crippen molar-refractivity contribution < 1.29 is 32.2 Å². The van der Waals surface area contributed by atoms with Crippen molar-refractivity contribution in [3.8, 4) is 11.5 Å². The molecule has 144 valence electrons. The van der Waals surface area contributed by atoms with Gasteiger partial charge in [0.2, 0.25) is 0 Å². The van der Waals surface area contributed by atoms with Gasteiger partial charge in [0.05, 0.1) is 32.1 Å². The van der Waals surface area contributed by atoms with Gasteiger partial charge in [0, 0.05) is 13.1 Å². The van der Waals surface area contributed by atoms with E-state index in [1.807, 2.05) is 0 Å².